The summed E-state index contributed by atoms with van der Waals surface area (Å²) in [6, 6.07) is 9.33. The zero-order valence-electron chi connectivity index (χ0n) is 11.4. The molecule has 5 heteroatoms. The smallest absolute Gasteiger partial charge is 0.235 e. The van der Waals surface area contributed by atoms with E-state index in [1.807, 2.05) is 37.3 Å². The van der Waals surface area contributed by atoms with E-state index in [0.717, 1.165) is 31.6 Å². The molecule has 1 aliphatic rings. The molecule has 1 N–H and O–H groups in total. The fourth-order valence-corrected chi connectivity index (χ4v) is 4.48. The average Bonchev–Trinajstić information content (AvgIpc) is 2.41. The van der Waals surface area contributed by atoms with Crippen LogP contribution in [0.15, 0.2) is 30.3 Å². The highest BCUT2D eigenvalue weighted by molar-refractivity contribution is 7.92. The molecule has 1 fully saturated rings. The largest absolute Gasteiger partial charge is 0.316 e. The zero-order chi connectivity index (χ0) is 13.7. The summed E-state index contributed by atoms with van der Waals surface area (Å²) in [4.78, 5) is 0. The summed E-state index contributed by atoms with van der Waals surface area (Å²) in [6.45, 7) is 4.18. The normalized spacial score (nSPS) is 20.2. The van der Waals surface area contributed by atoms with Gasteiger partial charge < -0.3 is 5.32 Å². The van der Waals surface area contributed by atoms with Crippen molar-refractivity contribution in [3.05, 3.63) is 30.3 Å². The van der Waals surface area contributed by atoms with E-state index in [2.05, 4.69) is 5.32 Å². The number of benzene rings is 1. The van der Waals surface area contributed by atoms with Crippen LogP contribution >= 0.6 is 0 Å². The molecule has 0 saturated carbocycles. The molecule has 0 aromatic heterocycles. The Morgan fingerprint density at radius 3 is 2.63 bits per heavy atom. The maximum atomic E-state index is 12.5. The third kappa shape index (κ3) is 3.70. The monoisotopic (exact) mass is 282 g/mol. The molecule has 1 atom stereocenters. The second-order valence-corrected chi connectivity index (χ2v) is 6.93. The topological polar surface area (TPSA) is 49.4 Å². The van der Waals surface area contributed by atoms with E-state index >= 15 is 0 Å². The number of anilines is 1. The number of piperidine rings is 1. The van der Waals surface area contributed by atoms with Crippen LogP contribution in [0.5, 0.6) is 0 Å². The van der Waals surface area contributed by atoms with Gasteiger partial charge in [-0.25, -0.2) is 8.42 Å². The SMILES string of the molecule is CCN(c1ccccc1)S(=O)(=O)CC1CCCNC1. The molecule has 19 heavy (non-hydrogen) atoms. The van der Waals surface area contributed by atoms with Crippen molar-refractivity contribution in [1.82, 2.24) is 5.32 Å². The van der Waals surface area contributed by atoms with Gasteiger partial charge in [0.05, 0.1) is 11.4 Å². The molecule has 0 radical (unpaired) electrons. The van der Waals surface area contributed by atoms with Crippen LogP contribution in [0.4, 0.5) is 5.69 Å². The maximum Gasteiger partial charge on any atom is 0.235 e. The summed E-state index contributed by atoms with van der Waals surface area (Å²) in [6.07, 6.45) is 2.07. The van der Waals surface area contributed by atoms with E-state index in [0.29, 0.717) is 6.54 Å². The number of nitrogens with zero attached hydrogens (tertiary/aromatic N) is 1. The number of sulfonamides is 1. The summed E-state index contributed by atoms with van der Waals surface area (Å²) >= 11 is 0. The van der Waals surface area contributed by atoms with Crippen LogP contribution in [0.3, 0.4) is 0 Å². The predicted octanol–water partition coefficient (Wildman–Crippen LogP) is 1.84. The lowest BCUT2D eigenvalue weighted by Gasteiger charge is -2.28. The Morgan fingerprint density at radius 2 is 2.05 bits per heavy atom. The first-order valence-corrected chi connectivity index (χ1v) is 8.50. The highest BCUT2D eigenvalue weighted by Gasteiger charge is 2.26. The summed E-state index contributed by atoms with van der Waals surface area (Å²) < 4.78 is 26.6. The highest BCUT2D eigenvalue weighted by Crippen LogP contribution is 2.21. The Hall–Kier alpha value is -1.07. The quantitative estimate of drug-likeness (QED) is 0.896. The highest BCUT2D eigenvalue weighted by atomic mass is 32.2. The van der Waals surface area contributed by atoms with Crippen LogP contribution in [0.2, 0.25) is 0 Å². The summed E-state index contributed by atoms with van der Waals surface area (Å²) in [5, 5.41) is 3.27. The lowest BCUT2D eigenvalue weighted by atomic mass is 10.0. The zero-order valence-corrected chi connectivity index (χ0v) is 12.2. The Labute approximate surface area is 115 Å². The van der Waals surface area contributed by atoms with Gasteiger partial charge in [0.1, 0.15) is 0 Å². The number of nitrogens with one attached hydrogen (secondary N) is 1. The van der Waals surface area contributed by atoms with E-state index in [1.165, 1.54) is 4.31 Å². The molecule has 1 aromatic rings. The average molecular weight is 282 g/mol. The van der Waals surface area contributed by atoms with E-state index in [-0.39, 0.29) is 11.7 Å². The predicted molar refractivity (Wildman–Crippen MR) is 78.8 cm³/mol. The van der Waals surface area contributed by atoms with Gasteiger partial charge in [-0.15, -0.1) is 0 Å². The van der Waals surface area contributed by atoms with Crippen molar-refractivity contribution in [1.29, 1.82) is 0 Å². The lowest BCUT2D eigenvalue weighted by Crippen LogP contribution is -2.40. The first-order valence-electron chi connectivity index (χ1n) is 6.89. The Morgan fingerprint density at radius 1 is 1.32 bits per heavy atom. The minimum absolute atomic E-state index is 0.233. The molecule has 0 aliphatic carbocycles. The third-order valence-corrected chi connectivity index (χ3v) is 5.55. The van der Waals surface area contributed by atoms with E-state index in [9.17, 15) is 8.42 Å². The van der Waals surface area contributed by atoms with Crippen LogP contribution in [-0.4, -0.2) is 33.8 Å². The first-order chi connectivity index (χ1) is 9.13. The molecule has 1 heterocycles. The van der Waals surface area contributed by atoms with Gasteiger partial charge in [0.25, 0.3) is 0 Å². The van der Waals surface area contributed by atoms with Gasteiger partial charge in [0.15, 0.2) is 0 Å². The molecular formula is C14H22N2O2S. The van der Waals surface area contributed by atoms with Crippen molar-refractivity contribution in [3.8, 4) is 0 Å². The van der Waals surface area contributed by atoms with Crippen molar-refractivity contribution in [3.63, 3.8) is 0 Å². The van der Waals surface area contributed by atoms with Crippen molar-refractivity contribution in [2.75, 3.05) is 29.7 Å². The second-order valence-electron chi connectivity index (χ2n) is 4.99. The lowest BCUT2D eigenvalue weighted by molar-refractivity contribution is 0.403. The van der Waals surface area contributed by atoms with Gasteiger partial charge >= 0.3 is 0 Å². The molecule has 1 saturated heterocycles. The molecule has 1 aliphatic heterocycles. The fraction of sp³-hybridized carbons (Fsp3) is 0.571. The fourth-order valence-electron chi connectivity index (χ4n) is 2.59. The molecule has 0 bridgehead atoms. The first kappa shape index (κ1) is 14.3. The van der Waals surface area contributed by atoms with E-state index in [1.54, 1.807) is 0 Å². The van der Waals surface area contributed by atoms with Gasteiger partial charge in [-0.2, -0.15) is 0 Å². The third-order valence-electron chi connectivity index (χ3n) is 3.51. The minimum Gasteiger partial charge on any atom is -0.316 e. The maximum absolute atomic E-state index is 12.5. The molecule has 1 unspecified atom stereocenters. The van der Waals surface area contributed by atoms with Gasteiger partial charge in [0.2, 0.25) is 10.0 Å². The van der Waals surface area contributed by atoms with Crippen molar-refractivity contribution in [2.24, 2.45) is 5.92 Å². The van der Waals surface area contributed by atoms with Gasteiger partial charge in [-0.1, -0.05) is 18.2 Å². The van der Waals surface area contributed by atoms with Gasteiger partial charge in [0, 0.05) is 6.54 Å². The minimum atomic E-state index is -3.23. The summed E-state index contributed by atoms with van der Waals surface area (Å²) in [7, 11) is -3.23. The van der Waals surface area contributed by atoms with Crippen LogP contribution in [0, 0.1) is 5.92 Å². The van der Waals surface area contributed by atoms with Crippen molar-refractivity contribution >= 4 is 15.7 Å². The number of para-hydroxylation sites is 1. The number of hydrogen-bond donors (Lipinski definition) is 1. The molecule has 2 rings (SSSR count). The van der Waals surface area contributed by atoms with Crippen molar-refractivity contribution < 1.29 is 8.42 Å². The van der Waals surface area contributed by atoms with Crippen LogP contribution in [-0.2, 0) is 10.0 Å². The summed E-state index contributed by atoms with van der Waals surface area (Å²) in [5.74, 6) is 0.472. The number of hydrogen-bond acceptors (Lipinski definition) is 3. The molecule has 106 valence electrons. The van der Waals surface area contributed by atoms with Crippen LogP contribution in [0.25, 0.3) is 0 Å². The molecule has 4 nitrogen and oxygen atoms in total. The van der Waals surface area contributed by atoms with Crippen molar-refractivity contribution in [2.45, 2.75) is 19.8 Å². The molecule has 1 aromatic carbocycles. The van der Waals surface area contributed by atoms with Gasteiger partial charge in [-0.05, 0) is 50.9 Å². The second kappa shape index (κ2) is 6.39. The standard InChI is InChI=1S/C14H22N2O2S/c1-2-16(14-8-4-3-5-9-14)19(17,18)12-13-7-6-10-15-11-13/h3-5,8-9,13,15H,2,6-7,10-12H2,1H3. The van der Waals surface area contributed by atoms with E-state index < -0.39 is 10.0 Å². The molecule has 0 spiro atoms. The molecular weight excluding hydrogens is 260 g/mol. The Balaban J connectivity index is 2.12. The molecule has 0 amide bonds. The summed E-state index contributed by atoms with van der Waals surface area (Å²) in [5.41, 5.74) is 0.758. The van der Waals surface area contributed by atoms with E-state index in [4.69, 9.17) is 0 Å². The Bertz CT molecular complexity index is 481. The number of rotatable bonds is 5. The Kier molecular flexibility index (Phi) is 4.82. The van der Waals surface area contributed by atoms with Crippen LogP contribution in [0.1, 0.15) is 19.8 Å². The van der Waals surface area contributed by atoms with Crippen LogP contribution < -0.4 is 9.62 Å². The van der Waals surface area contributed by atoms with Gasteiger partial charge in [-0.3, -0.25) is 4.31 Å².